The third-order valence-corrected chi connectivity index (χ3v) is 3.27. The Morgan fingerprint density at radius 1 is 1.38 bits per heavy atom. The van der Waals surface area contributed by atoms with E-state index >= 15 is 0 Å². The molecule has 1 aromatic rings. The van der Waals surface area contributed by atoms with Gasteiger partial charge in [0.15, 0.2) is 6.61 Å². The van der Waals surface area contributed by atoms with E-state index in [-0.39, 0.29) is 18.6 Å². The summed E-state index contributed by atoms with van der Waals surface area (Å²) >= 11 is 3.46. The molecule has 2 N–H and O–H groups in total. The molecular weight excluding hydrogens is 336 g/mol. The Labute approximate surface area is 134 Å². The highest BCUT2D eigenvalue weighted by atomic mass is 79.9. The van der Waals surface area contributed by atoms with E-state index in [9.17, 15) is 4.79 Å². The van der Waals surface area contributed by atoms with Crippen LogP contribution in [0.25, 0.3) is 0 Å². The zero-order valence-electron chi connectivity index (χ0n) is 12.7. The Morgan fingerprint density at radius 2 is 2.14 bits per heavy atom. The maximum Gasteiger partial charge on any atom is 0.258 e. The van der Waals surface area contributed by atoms with E-state index < -0.39 is 0 Å². The molecule has 1 rings (SSSR count). The number of hydrogen-bond acceptors (Lipinski definition) is 4. The Hall–Kier alpha value is -1.11. The number of amides is 1. The molecule has 0 fully saturated rings. The molecule has 21 heavy (non-hydrogen) atoms. The molecule has 0 atom stereocenters. The van der Waals surface area contributed by atoms with Crippen molar-refractivity contribution >= 4 is 21.8 Å². The highest BCUT2D eigenvalue weighted by Crippen LogP contribution is 2.29. The summed E-state index contributed by atoms with van der Waals surface area (Å²) in [5.41, 5.74) is 0.998. The summed E-state index contributed by atoms with van der Waals surface area (Å²) in [4.78, 5) is 11.7. The van der Waals surface area contributed by atoms with Gasteiger partial charge in [-0.05, 0) is 35.8 Å². The van der Waals surface area contributed by atoms with Gasteiger partial charge in [-0.15, -0.1) is 0 Å². The number of hydrogen-bond donors (Lipinski definition) is 2. The van der Waals surface area contributed by atoms with Gasteiger partial charge >= 0.3 is 0 Å². The predicted octanol–water partition coefficient (Wildman–Crippen LogP) is 2.09. The van der Waals surface area contributed by atoms with Crippen LogP contribution in [-0.2, 0) is 16.1 Å². The summed E-state index contributed by atoms with van der Waals surface area (Å²) in [5, 5.41) is 6.06. The SMILES string of the molecule is COCCNCc1cccc(Br)c1OCC(=O)NC(C)C. The minimum atomic E-state index is -0.126. The second kappa shape index (κ2) is 9.76. The molecule has 0 bridgehead atoms. The van der Waals surface area contributed by atoms with Gasteiger partial charge in [0, 0.05) is 31.8 Å². The molecule has 0 heterocycles. The molecule has 0 saturated heterocycles. The van der Waals surface area contributed by atoms with Crippen LogP contribution in [0.2, 0.25) is 0 Å². The van der Waals surface area contributed by atoms with Crippen molar-refractivity contribution in [2.24, 2.45) is 0 Å². The van der Waals surface area contributed by atoms with Crippen molar-refractivity contribution in [3.8, 4) is 5.75 Å². The standard InChI is InChI=1S/C15H23BrN2O3/c1-11(2)18-14(19)10-21-15-12(5-4-6-13(15)16)9-17-7-8-20-3/h4-6,11,17H,7-10H2,1-3H3,(H,18,19). The van der Waals surface area contributed by atoms with Gasteiger partial charge < -0.3 is 20.1 Å². The molecule has 0 saturated carbocycles. The van der Waals surface area contributed by atoms with Crippen LogP contribution in [0.15, 0.2) is 22.7 Å². The Balaban J connectivity index is 2.60. The summed E-state index contributed by atoms with van der Waals surface area (Å²) in [7, 11) is 1.67. The first kappa shape index (κ1) is 17.9. The van der Waals surface area contributed by atoms with Gasteiger partial charge in [0.1, 0.15) is 5.75 Å². The molecule has 1 amide bonds. The minimum Gasteiger partial charge on any atom is -0.482 e. The second-order valence-corrected chi connectivity index (χ2v) is 5.76. The molecule has 0 aliphatic carbocycles. The molecule has 6 heteroatoms. The average Bonchev–Trinajstić information content (AvgIpc) is 2.42. The second-order valence-electron chi connectivity index (χ2n) is 4.91. The summed E-state index contributed by atoms with van der Waals surface area (Å²) in [6, 6.07) is 5.92. The molecule has 0 aliphatic rings. The van der Waals surface area contributed by atoms with Crippen LogP contribution < -0.4 is 15.4 Å². The Kier molecular flexibility index (Phi) is 8.34. The van der Waals surface area contributed by atoms with Crippen molar-refractivity contribution in [3.05, 3.63) is 28.2 Å². The smallest absolute Gasteiger partial charge is 0.258 e. The fourth-order valence-electron chi connectivity index (χ4n) is 1.75. The van der Waals surface area contributed by atoms with Crippen molar-refractivity contribution < 1.29 is 14.3 Å². The van der Waals surface area contributed by atoms with Crippen LogP contribution >= 0.6 is 15.9 Å². The van der Waals surface area contributed by atoms with Gasteiger partial charge in [0.05, 0.1) is 11.1 Å². The maximum absolute atomic E-state index is 11.7. The van der Waals surface area contributed by atoms with Crippen molar-refractivity contribution in [3.63, 3.8) is 0 Å². The summed E-state index contributed by atoms with van der Waals surface area (Å²) < 4.78 is 11.5. The van der Waals surface area contributed by atoms with Crippen LogP contribution in [0.3, 0.4) is 0 Å². The molecule has 0 aromatic heterocycles. The van der Waals surface area contributed by atoms with Gasteiger partial charge in [-0.25, -0.2) is 0 Å². The summed E-state index contributed by atoms with van der Waals surface area (Å²) in [5.74, 6) is 0.570. The Morgan fingerprint density at radius 3 is 2.81 bits per heavy atom. The number of nitrogens with one attached hydrogen (secondary N) is 2. The molecule has 0 spiro atoms. The topological polar surface area (TPSA) is 59.6 Å². The van der Waals surface area contributed by atoms with Crippen molar-refractivity contribution in [2.45, 2.75) is 26.4 Å². The highest BCUT2D eigenvalue weighted by molar-refractivity contribution is 9.10. The fraction of sp³-hybridized carbons (Fsp3) is 0.533. The lowest BCUT2D eigenvalue weighted by atomic mass is 10.2. The first-order valence-corrected chi connectivity index (χ1v) is 7.73. The number of methoxy groups -OCH3 is 1. The minimum absolute atomic E-state index is 0.00582. The fourth-order valence-corrected chi connectivity index (χ4v) is 2.27. The Bertz CT molecular complexity index is 453. The molecule has 118 valence electrons. The predicted molar refractivity (Wildman–Crippen MR) is 86.5 cm³/mol. The molecule has 0 unspecified atom stereocenters. The molecule has 0 aliphatic heterocycles. The van der Waals surface area contributed by atoms with Crippen molar-refractivity contribution in [1.82, 2.24) is 10.6 Å². The van der Waals surface area contributed by atoms with Crippen LogP contribution in [0.1, 0.15) is 19.4 Å². The summed E-state index contributed by atoms with van der Waals surface area (Å²) in [6.45, 7) is 5.91. The van der Waals surface area contributed by atoms with E-state index in [4.69, 9.17) is 9.47 Å². The van der Waals surface area contributed by atoms with E-state index in [1.54, 1.807) is 7.11 Å². The number of benzene rings is 1. The normalized spacial score (nSPS) is 10.7. The van der Waals surface area contributed by atoms with Gasteiger partial charge in [-0.1, -0.05) is 12.1 Å². The zero-order valence-corrected chi connectivity index (χ0v) is 14.3. The lowest BCUT2D eigenvalue weighted by Gasteiger charge is -2.14. The third-order valence-electron chi connectivity index (χ3n) is 2.64. The van der Waals surface area contributed by atoms with Crippen LogP contribution in [0, 0.1) is 0 Å². The third kappa shape index (κ3) is 6.93. The molecule has 0 radical (unpaired) electrons. The largest absolute Gasteiger partial charge is 0.482 e. The van der Waals surface area contributed by atoms with Gasteiger partial charge in [0.25, 0.3) is 5.91 Å². The number of carbonyl (C=O) groups excluding carboxylic acids is 1. The lowest BCUT2D eigenvalue weighted by Crippen LogP contribution is -2.34. The lowest BCUT2D eigenvalue weighted by molar-refractivity contribution is -0.123. The summed E-state index contributed by atoms with van der Waals surface area (Å²) in [6.07, 6.45) is 0. The number of rotatable bonds is 9. The monoisotopic (exact) mass is 358 g/mol. The number of ether oxygens (including phenoxy) is 2. The van der Waals surface area contributed by atoms with Crippen LogP contribution in [-0.4, -0.2) is 38.8 Å². The molecule has 5 nitrogen and oxygen atoms in total. The van der Waals surface area contributed by atoms with E-state index in [0.29, 0.717) is 18.9 Å². The molecular formula is C15H23BrN2O3. The van der Waals surface area contributed by atoms with E-state index in [1.807, 2.05) is 32.0 Å². The first-order chi connectivity index (χ1) is 10.0. The quantitative estimate of drug-likeness (QED) is 0.663. The highest BCUT2D eigenvalue weighted by Gasteiger charge is 2.11. The van der Waals surface area contributed by atoms with E-state index in [2.05, 4.69) is 26.6 Å². The van der Waals surface area contributed by atoms with Crippen molar-refractivity contribution in [2.75, 3.05) is 26.9 Å². The van der Waals surface area contributed by atoms with Crippen molar-refractivity contribution in [1.29, 1.82) is 0 Å². The number of halogens is 1. The number of carbonyl (C=O) groups is 1. The van der Waals surface area contributed by atoms with Gasteiger partial charge in [-0.2, -0.15) is 0 Å². The average molecular weight is 359 g/mol. The zero-order chi connectivity index (χ0) is 15.7. The van der Waals surface area contributed by atoms with E-state index in [0.717, 1.165) is 16.6 Å². The van der Waals surface area contributed by atoms with E-state index in [1.165, 1.54) is 0 Å². The number of para-hydroxylation sites is 1. The van der Waals surface area contributed by atoms with Gasteiger partial charge in [-0.3, -0.25) is 4.79 Å². The first-order valence-electron chi connectivity index (χ1n) is 6.93. The van der Waals surface area contributed by atoms with Crippen LogP contribution in [0.5, 0.6) is 5.75 Å². The molecule has 1 aromatic carbocycles. The van der Waals surface area contributed by atoms with Gasteiger partial charge in [0.2, 0.25) is 0 Å². The van der Waals surface area contributed by atoms with Crippen LogP contribution in [0.4, 0.5) is 0 Å². The maximum atomic E-state index is 11.7.